The summed E-state index contributed by atoms with van der Waals surface area (Å²) < 4.78 is 2.20. The molecule has 3 heteroatoms. The van der Waals surface area contributed by atoms with Gasteiger partial charge in [-0.15, -0.1) is 0 Å². The Morgan fingerprint density at radius 1 is 1.27 bits per heavy atom. The first-order chi connectivity index (χ1) is 10.4. The van der Waals surface area contributed by atoms with E-state index in [1.165, 1.54) is 0 Å². The maximum atomic E-state index is 12.4. The van der Waals surface area contributed by atoms with E-state index >= 15 is 0 Å². The largest absolute Gasteiger partial charge is 0.317 e. The molecule has 0 radical (unpaired) electrons. The number of carbonyl (C=O) groups is 1. The third-order valence-electron chi connectivity index (χ3n) is 4.64. The lowest BCUT2D eigenvalue weighted by Gasteiger charge is -2.27. The monoisotopic (exact) mass is 313 g/mol. The Bertz CT molecular complexity index is 825. The number of hydrogen-bond donors (Lipinski definition) is 0. The normalized spacial score (nSPS) is 19.1. The van der Waals surface area contributed by atoms with Gasteiger partial charge in [-0.3, -0.25) is 4.79 Å². The van der Waals surface area contributed by atoms with Gasteiger partial charge >= 0.3 is 0 Å². The van der Waals surface area contributed by atoms with Crippen LogP contribution in [0.3, 0.4) is 0 Å². The van der Waals surface area contributed by atoms with Crippen molar-refractivity contribution in [2.45, 2.75) is 33.6 Å². The van der Waals surface area contributed by atoms with Gasteiger partial charge in [0.1, 0.15) is 0 Å². The number of ketones is 1. The number of rotatable bonds is 2. The van der Waals surface area contributed by atoms with Crippen LogP contribution in [0.4, 0.5) is 0 Å². The quantitative estimate of drug-likeness (QED) is 0.681. The Labute approximate surface area is 136 Å². The Balaban J connectivity index is 2.21. The van der Waals surface area contributed by atoms with Crippen molar-refractivity contribution in [3.63, 3.8) is 0 Å². The molecular formula is C19H20ClNO. The third kappa shape index (κ3) is 2.42. The second-order valence-electron chi connectivity index (χ2n) is 6.27. The summed E-state index contributed by atoms with van der Waals surface area (Å²) in [5.41, 5.74) is 5.27. The van der Waals surface area contributed by atoms with Crippen molar-refractivity contribution < 1.29 is 4.79 Å². The molecule has 0 N–H and O–H groups in total. The number of benzene rings is 1. The first kappa shape index (κ1) is 15.1. The van der Waals surface area contributed by atoms with Gasteiger partial charge in [0.15, 0.2) is 5.78 Å². The summed E-state index contributed by atoms with van der Waals surface area (Å²) in [6.07, 6.45) is 1.44. The molecule has 0 fully saturated rings. The molecule has 0 amide bonds. The van der Waals surface area contributed by atoms with Crippen LogP contribution in [0.5, 0.6) is 0 Å². The highest BCUT2D eigenvalue weighted by Gasteiger charge is 2.27. The summed E-state index contributed by atoms with van der Waals surface area (Å²) in [6.45, 7) is 10.1. The minimum atomic E-state index is 0.226. The van der Waals surface area contributed by atoms with Gasteiger partial charge in [-0.1, -0.05) is 23.8 Å². The van der Waals surface area contributed by atoms with Crippen LogP contribution >= 0.6 is 11.6 Å². The van der Waals surface area contributed by atoms with E-state index in [1.807, 2.05) is 32.0 Å². The molecule has 1 aromatic carbocycles. The van der Waals surface area contributed by atoms with Crippen LogP contribution in [0.2, 0.25) is 5.02 Å². The summed E-state index contributed by atoms with van der Waals surface area (Å²) in [4.78, 5) is 12.4. The minimum Gasteiger partial charge on any atom is -0.317 e. The van der Waals surface area contributed by atoms with Crippen molar-refractivity contribution in [1.29, 1.82) is 0 Å². The van der Waals surface area contributed by atoms with Crippen LogP contribution < -0.4 is 0 Å². The van der Waals surface area contributed by atoms with E-state index in [-0.39, 0.29) is 11.7 Å². The SMILES string of the molecule is C=C(C)C1CC(=O)C(C)=C(n2c(C)cc3cc(Cl)ccc32)C1. The molecule has 2 aromatic rings. The molecule has 1 unspecified atom stereocenters. The number of Topliss-reactive ketones (excluding diaryl/α,β-unsaturated/α-hetero) is 1. The Morgan fingerprint density at radius 3 is 2.68 bits per heavy atom. The van der Waals surface area contributed by atoms with E-state index in [1.54, 1.807) is 0 Å². The first-order valence-corrected chi connectivity index (χ1v) is 7.92. The van der Waals surface area contributed by atoms with Crippen LogP contribution in [0, 0.1) is 12.8 Å². The number of nitrogens with zero attached hydrogens (tertiary/aromatic N) is 1. The van der Waals surface area contributed by atoms with E-state index in [2.05, 4.69) is 24.1 Å². The molecule has 22 heavy (non-hydrogen) atoms. The summed E-state index contributed by atoms with van der Waals surface area (Å²) in [5.74, 6) is 0.458. The van der Waals surface area contributed by atoms with Crippen molar-refractivity contribution in [3.8, 4) is 0 Å². The van der Waals surface area contributed by atoms with Gasteiger partial charge in [-0.05, 0) is 57.4 Å². The van der Waals surface area contributed by atoms with Crippen molar-refractivity contribution in [3.05, 3.63) is 52.7 Å². The molecule has 3 rings (SSSR count). The van der Waals surface area contributed by atoms with E-state index in [9.17, 15) is 4.79 Å². The molecular weight excluding hydrogens is 294 g/mol. The van der Waals surface area contributed by atoms with Crippen molar-refractivity contribution in [2.75, 3.05) is 0 Å². The predicted molar refractivity (Wildman–Crippen MR) is 93.1 cm³/mol. The van der Waals surface area contributed by atoms with Crippen LogP contribution in [-0.2, 0) is 4.79 Å². The van der Waals surface area contributed by atoms with E-state index in [0.717, 1.165) is 44.9 Å². The van der Waals surface area contributed by atoms with Crippen LogP contribution in [0.1, 0.15) is 32.4 Å². The zero-order chi connectivity index (χ0) is 16.0. The fourth-order valence-corrected chi connectivity index (χ4v) is 3.47. The van der Waals surface area contributed by atoms with Crippen LogP contribution in [0.25, 0.3) is 16.6 Å². The number of hydrogen-bond acceptors (Lipinski definition) is 1. The minimum absolute atomic E-state index is 0.226. The van der Waals surface area contributed by atoms with Gasteiger partial charge in [0, 0.05) is 33.8 Å². The maximum absolute atomic E-state index is 12.4. The molecule has 1 aliphatic rings. The molecule has 1 atom stereocenters. The van der Waals surface area contributed by atoms with E-state index < -0.39 is 0 Å². The topological polar surface area (TPSA) is 22.0 Å². The number of carbonyl (C=O) groups excluding carboxylic acids is 1. The van der Waals surface area contributed by atoms with Gasteiger partial charge < -0.3 is 4.57 Å². The lowest BCUT2D eigenvalue weighted by atomic mass is 9.83. The standard InChI is InChI=1S/C19H20ClNO/c1-11(2)14-9-18(13(4)19(22)10-14)21-12(3)7-15-8-16(20)5-6-17(15)21/h5-8,14H,1,9-10H2,2-4H3. The molecule has 2 nitrogen and oxygen atoms in total. The number of allylic oxidation sites excluding steroid dienone is 3. The van der Waals surface area contributed by atoms with Crippen LogP contribution in [0.15, 0.2) is 42.0 Å². The predicted octanol–water partition coefficient (Wildman–Crippen LogP) is 5.39. The fraction of sp³-hybridized carbons (Fsp3) is 0.316. The Kier molecular flexibility index (Phi) is 3.73. The van der Waals surface area contributed by atoms with Crippen molar-refractivity contribution in [1.82, 2.24) is 4.57 Å². The summed E-state index contributed by atoms with van der Waals surface area (Å²) in [7, 11) is 0. The molecule has 1 aliphatic carbocycles. The molecule has 114 valence electrons. The van der Waals surface area contributed by atoms with E-state index in [0.29, 0.717) is 6.42 Å². The van der Waals surface area contributed by atoms with Crippen molar-refractivity contribution in [2.24, 2.45) is 5.92 Å². The smallest absolute Gasteiger partial charge is 0.160 e. The summed E-state index contributed by atoms with van der Waals surface area (Å²) in [6, 6.07) is 8.02. The number of aryl methyl sites for hydroxylation is 1. The molecule has 1 heterocycles. The van der Waals surface area contributed by atoms with Gasteiger partial charge in [-0.2, -0.15) is 0 Å². The molecule has 0 aliphatic heterocycles. The second kappa shape index (κ2) is 5.44. The Hall–Kier alpha value is -1.80. The summed E-state index contributed by atoms with van der Waals surface area (Å²) >= 11 is 6.10. The first-order valence-electron chi connectivity index (χ1n) is 7.55. The molecule has 1 aromatic heterocycles. The average molecular weight is 314 g/mol. The molecule has 0 bridgehead atoms. The van der Waals surface area contributed by atoms with Crippen LogP contribution in [-0.4, -0.2) is 10.4 Å². The molecule has 0 spiro atoms. The van der Waals surface area contributed by atoms with Gasteiger partial charge in [-0.25, -0.2) is 0 Å². The van der Waals surface area contributed by atoms with E-state index in [4.69, 9.17) is 11.6 Å². The second-order valence-corrected chi connectivity index (χ2v) is 6.71. The fourth-order valence-electron chi connectivity index (χ4n) is 3.29. The zero-order valence-corrected chi connectivity index (χ0v) is 14.0. The van der Waals surface area contributed by atoms with Gasteiger partial charge in [0.2, 0.25) is 0 Å². The highest BCUT2D eigenvalue weighted by Crippen LogP contribution is 2.37. The van der Waals surface area contributed by atoms with Gasteiger partial charge in [0.05, 0.1) is 5.52 Å². The highest BCUT2D eigenvalue weighted by molar-refractivity contribution is 6.31. The highest BCUT2D eigenvalue weighted by atomic mass is 35.5. The number of aromatic nitrogens is 1. The van der Waals surface area contributed by atoms with Crippen molar-refractivity contribution >= 4 is 34.0 Å². The molecule has 0 saturated heterocycles. The average Bonchev–Trinajstić information content (AvgIpc) is 2.76. The number of fused-ring (bicyclic) bond motifs is 1. The third-order valence-corrected chi connectivity index (χ3v) is 4.87. The van der Waals surface area contributed by atoms with Gasteiger partial charge in [0.25, 0.3) is 0 Å². The maximum Gasteiger partial charge on any atom is 0.160 e. The lowest BCUT2D eigenvalue weighted by Crippen LogP contribution is -2.21. The zero-order valence-electron chi connectivity index (χ0n) is 13.2. The summed E-state index contributed by atoms with van der Waals surface area (Å²) in [5, 5.41) is 1.84. The Morgan fingerprint density at radius 2 is 2.00 bits per heavy atom. The lowest BCUT2D eigenvalue weighted by molar-refractivity contribution is -0.116. The number of halogens is 1. The molecule has 0 saturated carbocycles.